The van der Waals surface area contributed by atoms with E-state index in [9.17, 15) is 14.7 Å². The number of aryl methyl sites for hydroxylation is 2. The Kier molecular flexibility index (Phi) is 5.07. The van der Waals surface area contributed by atoms with E-state index in [1.807, 2.05) is 6.92 Å². The van der Waals surface area contributed by atoms with Gasteiger partial charge >= 0.3 is 0 Å². The van der Waals surface area contributed by atoms with Gasteiger partial charge in [0, 0.05) is 21.1 Å². The largest absolute Gasteiger partial charge is 0.503 e. The highest BCUT2D eigenvalue weighted by molar-refractivity contribution is 6.32. The molecule has 1 unspecified atom stereocenters. The fourth-order valence-electron chi connectivity index (χ4n) is 3.96. The molecule has 0 fully saturated rings. The average molecular weight is 482 g/mol. The van der Waals surface area contributed by atoms with Gasteiger partial charge < -0.3 is 13.9 Å². The van der Waals surface area contributed by atoms with Crippen LogP contribution in [0.4, 0.5) is 5.69 Å². The molecule has 0 saturated heterocycles. The standard InChI is InChI=1S/C25H17Cl2NO5/c1-12-3-6-16(11-17(12)27)28-22(19-7-4-13(2)32-19)21(24(30)25(28)31)23(29)20-10-14-9-15(26)5-8-18(14)33-20/h3-11,22,30H,1-2H3. The first-order valence-corrected chi connectivity index (χ1v) is 10.8. The summed E-state index contributed by atoms with van der Waals surface area (Å²) in [6.45, 7) is 3.59. The number of anilines is 1. The van der Waals surface area contributed by atoms with Gasteiger partial charge in [0.25, 0.3) is 5.91 Å². The molecular formula is C25H17Cl2NO5. The van der Waals surface area contributed by atoms with Crippen molar-refractivity contribution in [3.05, 3.63) is 98.8 Å². The van der Waals surface area contributed by atoms with Crippen molar-refractivity contribution in [2.24, 2.45) is 0 Å². The number of furan rings is 2. The Balaban J connectivity index is 1.65. The van der Waals surface area contributed by atoms with Gasteiger partial charge in [0.2, 0.25) is 5.78 Å². The molecule has 1 aliphatic heterocycles. The summed E-state index contributed by atoms with van der Waals surface area (Å²) in [5, 5.41) is 12.4. The number of carbonyl (C=O) groups is 2. The molecule has 1 atom stereocenters. The van der Waals surface area contributed by atoms with Crippen LogP contribution in [-0.2, 0) is 4.79 Å². The molecule has 0 bridgehead atoms. The van der Waals surface area contributed by atoms with Gasteiger partial charge in [-0.25, -0.2) is 0 Å². The number of Topliss-reactive ketones (excluding diaryl/α,β-unsaturated/α-hetero) is 1. The minimum atomic E-state index is -1.01. The molecule has 2 aromatic carbocycles. The van der Waals surface area contributed by atoms with Crippen LogP contribution in [0, 0.1) is 13.8 Å². The minimum Gasteiger partial charge on any atom is -0.503 e. The first kappa shape index (κ1) is 21.4. The topological polar surface area (TPSA) is 83.9 Å². The summed E-state index contributed by atoms with van der Waals surface area (Å²) in [6.07, 6.45) is 0. The van der Waals surface area contributed by atoms with E-state index < -0.39 is 23.5 Å². The maximum absolute atomic E-state index is 13.6. The van der Waals surface area contributed by atoms with Crippen molar-refractivity contribution >= 4 is 51.5 Å². The SMILES string of the molecule is Cc1ccc(C2C(C(=O)c3cc4cc(Cl)ccc4o3)=C(O)C(=O)N2c2ccc(C)c(Cl)c2)o1. The van der Waals surface area contributed by atoms with Crippen molar-refractivity contribution < 1.29 is 23.5 Å². The van der Waals surface area contributed by atoms with Gasteiger partial charge in [0.05, 0.1) is 5.57 Å². The summed E-state index contributed by atoms with van der Waals surface area (Å²) in [5.41, 5.74) is 1.56. The highest BCUT2D eigenvalue weighted by Gasteiger charge is 2.47. The van der Waals surface area contributed by atoms with Gasteiger partial charge in [-0.15, -0.1) is 0 Å². The summed E-state index contributed by atoms with van der Waals surface area (Å²) in [6, 6.07) is 14.0. The number of hydrogen-bond donors (Lipinski definition) is 1. The summed E-state index contributed by atoms with van der Waals surface area (Å²) in [5.74, 6) is -1.16. The van der Waals surface area contributed by atoms with Crippen LogP contribution in [0.25, 0.3) is 11.0 Å². The fraction of sp³-hybridized carbons (Fsp3) is 0.120. The van der Waals surface area contributed by atoms with E-state index in [2.05, 4.69) is 0 Å². The Hall–Kier alpha value is -3.48. The number of hydrogen-bond acceptors (Lipinski definition) is 5. The zero-order chi connectivity index (χ0) is 23.4. The number of carbonyl (C=O) groups excluding carboxylic acids is 2. The van der Waals surface area contributed by atoms with Crippen LogP contribution in [0.3, 0.4) is 0 Å². The molecule has 4 aromatic rings. The predicted octanol–water partition coefficient (Wildman–Crippen LogP) is 6.73. The summed E-state index contributed by atoms with van der Waals surface area (Å²) in [7, 11) is 0. The second-order valence-electron chi connectivity index (χ2n) is 7.84. The third-order valence-electron chi connectivity index (χ3n) is 5.62. The number of benzene rings is 2. The molecule has 0 saturated carbocycles. The summed E-state index contributed by atoms with van der Waals surface area (Å²) in [4.78, 5) is 28.0. The molecule has 2 aromatic heterocycles. The van der Waals surface area contributed by atoms with Crippen LogP contribution >= 0.6 is 23.2 Å². The molecule has 1 aliphatic rings. The van der Waals surface area contributed by atoms with Crippen LogP contribution in [0.15, 0.2) is 74.8 Å². The normalized spacial score (nSPS) is 16.3. The highest BCUT2D eigenvalue weighted by atomic mass is 35.5. The van der Waals surface area contributed by atoms with Gasteiger partial charge in [-0.1, -0.05) is 29.3 Å². The Morgan fingerprint density at radius 3 is 2.48 bits per heavy atom. The van der Waals surface area contributed by atoms with Gasteiger partial charge in [0.15, 0.2) is 11.5 Å². The zero-order valence-electron chi connectivity index (χ0n) is 17.6. The molecule has 6 nitrogen and oxygen atoms in total. The average Bonchev–Trinajstić information content (AvgIpc) is 3.46. The zero-order valence-corrected chi connectivity index (χ0v) is 19.1. The lowest BCUT2D eigenvalue weighted by Gasteiger charge is -2.25. The number of nitrogens with zero attached hydrogens (tertiary/aromatic N) is 1. The summed E-state index contributed by atoms with van der Waals surface area (Å²) < 4.78 is 11.5. The monoisotopic (exact) mass is 481 g/mol. The van der Waals surface area contributed by atoms with Crippen molar-refractivity contribution in [2.75, 3.05) is 4.90 Å². The molecular weight excluding hydrogens is 465 g/mol. The van der Waals surface area contributed by atoms with Crippen LogP contribution in [0.5, 0.6) is 0 Å². The van der Waals surface area contributed by atoms with Crippen LogP contribution in [0.2, 0.25) is 10.0 Å². The number of fused-ring (bicyclic) bond motifs is 1. The third-order valence-corrected chi connectivity index (χ3v) is 6.26. The lowest BCUT2D eigenvalue weighted by molar-refractivity contribution is -0.117. The Morgan fingerprint density at radius 2 is 1.79 bits per heavy atom. The van der Waals surface area contributed by atoms with Gasteiger partial charge in [-0.2, -0.15) is 0 Å². The third kappa shape index (κ3) is 3.52. The van der Waals surface area contributed by atoms with Gasteiger partial charge in [-0.05, 0) is 67.9 Å². The van der Waals surface area contributed by atoms with Crippen LogP contribution in [0.1, 0.15) is 33.7 Å². The molecule has 3 heterocycles. The minimum absolute atomic E-state index is 0.0290. The lowest BCUT2D eigenvalue weighted by atomic mass is 9.99. The van der Waals surface area contributed by atoms with E-state index in [0.29, 0.717) is 38.2 Å². The predicted molar refractivity (Wildman–Crippen MR) is 125 cm³/mol. The number of aliphatic hydroxyl groups is 1. The van der Waals surface area contributed by atoms with E-state index in [1.54, 1.807) is 55.5 Å². The number of aliphatic hydroxyl groups excluding tert-OH is 1. The second-order valence-corrected chi connectivity index (χ2v) is 8.69. The molecule has 166 valence electrons. The van der Waals surface area contributed by atoms with Crippen molar-refractivity contribution in [3.8, 4) is 0 Å². The quantitative estimate of drug-likeness (QED) is 0.326. The van der Waals surface area contributed by atoms with E-state index in [4.69, 9.17) is 32.0 Å². The lowest BCUT2D eigenvalue weighted by Crippen LogP contribution is -2.30. The van der Waals surface area contributed by atoms with Crippen molar-refractivity contribution in [1.29, 1.82) is 0 Å². The maximum Gasteiger partial charge on any atom is 0.294 e. The highest BCUT2D eigenvalue weighted by Crippen LogP contribution is 2.43. The van der Waals surface area contributed by atoms with Gasteiger partial charge in [-0.3, -0.25) is 14.5 Å². The first-order chi connectivity index (χ1) is 15.7. The number of halogens is 2. The van der Waals surface area contributed by atoms with Crippen LogP contribution in [-0.4, -0.2) is 16.8 Å². The fourth-order valence-corrected chi connectivity index (χ4v) is 4.32. The molecule has 0 spiro atoms. The molecule has 1 N–H and O–H groups in total. The number of rotatable bonds is 4. The molecule has 8 heteroatoms. The van der Waals surface area contributed by atoms with Gasteiger partial charge in [0.1, 0.15) is 23.1 Å². The molecule has 0 radical (unpaired) electrons. The summed E-state index contributed by atoms with van der Waals surface area (Å²) >= 11 is 12.3. The van der Waals surface area contributed by atoms with E-state index >= 15 is 0 Å². The van der Waals surface area contributed by atoms with Crippen molar-refractivity contribution in [3.63, 3.8) is 0 Å². The van der Waals surface area contributed by atoms with E-state index in [1.165, 1.54) is 11.0 Å². The Bertz CT molecular complexity index is 1480. The van der Waals surface area contributed by atoms with Crippen molar-refractivity contribution in [1.82, 2.24) is 0 Å². The van der Waals surface area contributed by atoms with Crippen LogP contribution < -0.4 is 4.90 Å². The Labute approximate surface area is 198 Å². The van der Waals surface area contributed by atoms with E-state index in [-0.39, 0.29) is 11.3 Å². The van der Waals surface area contributed by atoms with Crippen molar-refractivity contribution in [2.45, 2.75) is 19.9 Å². The van der Waals surface area contributed by atoms with E-state index in [0.717, 1.165) is 5.56 Å². The first-order valence-electron chi connectivity index (χ1n) is 10.1. The molecule has 33 heavy (non-hydrogen) atoms. The smallest absolute Gasteiger partial charge is 0.294 e. The molecule has 0 aliphatic carbocycles. The molecule has 1 amide bonds. The Morgan fingerprint density at radius 1 is 1.00 bits per heavy atom. The molecule has 5 rings (SSSR count). The number of ketones is 1. The maximum atomic E-state index is 13.6. The second kappa shape index (κ2) is 7.83. The number of amides is 1.